The zero-order valence-corrected chi connectivity index (χ0v) is 13.8. The number of hydrogen-bond donors (Lipinski definition) is 2. The summed E-state index contributed by atoms with van der Waals surface area (Å²) < 4.78 is 5.82. The van der Waals surface area contributed by atoms with Crippen LogP contribution in [0.15, 0.2) is 0 Å². The van der Waals surface area contributed by atoms with Crippen LogP contribution >= 0.6 is 0 Å². The van der Waals surface area contributed by atoms with Crippen molar-refractivity contribution in [1.82, 2.24) is 0 Å². The molecule has 10 nitrogen and oxygen atoms in total. The minimum atomic E-state index is -5.10. The van der Waals surface area contributed by atoms with Crippen LogP contribution in [0.25, 0.3) is 0 Å². The Balaban J connectivity index is -0.0000000370. The summed E-state index contributed by atoms with van der Waals surface area (Å²) in [6.07, 6.45) is 0. The Bertz CT molecular complexity index is 99.4. The standard InChI is InChI=1S/3Mg.2H2NO4Si/c;;;2*1-5-6(2,3)4/h;;;2*1H2/q3*+2;2*-3. The van der Waals surface area contributed by atoms with E-state index in [9.17, 15) is 0 Å². The maximum atomic E-state index is 9.15. The summed E-state index contributed by atoms with van der Waals surface area (Å²) in [6.45, 7) is 0. The van der Waals surface area contributed by atoms with E-state index in [1.165, 1.54) is 0 Å². The van der Waals surface area contributed by atoms with Crippen LogP contribution < -0.4 is 40.6 Å². The fraction of sp³-hybridized carbons (Fsp3) is 0. The fourth-order valence-electron chi connectivity index (χ4n) is 0. The predicted octanol–water partition coefficient (Wildman–Crippen LogP) is -10.4. The maximum Gasteiger partial charge on any atom is 2.00 e. The second kappa shape index (κ2) is 14.4. The molecule has 76 valence electrons. The molecule has 0 spiro atoms. The van der Waals surface area contributed by atoms with Gasteiger partial charge in [0.05, 0.1) is 0 Å². The Morgan fingerprint density at radius 2 is 0.667 bits per heavy atom. The van der Waals surface area contributed by atoms with Crippen molar-refractivity contribution >= 4 is 87.3 Å². The van der Waals surface area contributed by atoms with Gasteiger partial charge in [0.1, 0.15) is 0 Å². The molecule has 0 aliphatic carbocycles. The first kappa shape index (κ1) is 30.4. The van der Waals surface area contributed by atoms with Gasteiger partial charge in [-0.1, -0.05) is 18.1 Å². The monoisotopic (exact) mass is 288 g/mol. The molecule has 15 heteroatoms. The molecule has 4 N–H and O–H groups in total. The van der Waals surface area contributed by atoms with E-state index in [4.69, 9.17) is 28.8 Å². The van der Waals surface area contributed by atoms with Crippen molar-refractivity contribution < 1.29 is 37.8 Å². The van der Waals surface area contributed by atoms with Gasteiger partial charge >= 0.3 is 69.2 Å². The van der Waals surface area contributed by atoms with Crippen molar-refractivity contribution in [1.29, 1.82) is 0 Å². The van der Waals surface area contributed by atoms with E-state index >= 15 is 0 Å². The number of rotatable bonds is 2. The van der Waals surface area contributed by atoms with Gasteiger partial charge in [0.2, 0.25) is 0 Å². The molecule has 0 saturated carbocycles. The van der Waals surface area contributed by atoms with Crippen molar-refractivity contribution in [2.45, 2.75) is 0 Å². The van der Waals surface area contributed by atoms with Gasteiger partial charge in [-0.25, -0.2) is 11.8 Å². The van der Waals surface area contributed by atoms with E-state index in [2.05, 4.69) is 20.8 Å². The summed E-state index contributed by atoms with van der Waals surface area (Å²) in [5.41, 5.74) is 0. The van der Waals surface area contributed by atoms with Crippen LogP contribution in [0.5, 0.6) is 0 Å². The van der Waals surface area contributed by atoms with Crippen LogP contribution in [0.3, 0.4) is 0 Å². The van der Waals surface area contributed by atoms with Crippen molar-refractivity contribution in [3.8, 4) is 0 Å². The molecule has 0 aromatic rings. The zero-order chi connectivity index (χ0) is 10.4. The molecule has 0 atom stereocenters. The second-order valence-corrected chi connectivity index (χ2v) is 3.71. The second-order valence-electron chi connectivity index (χ2n) is 1.24. The first-order valence-corrected chi connectivity index (χ1v) is 5.37. The van der Waals surface area contributed by atoms with Crippen molar-refractivity contribution in [2.75, 3.05) is 0 Å². The van der Waals surface area contributed by atoms with Gasteiger partial charge in [0.15, 0.2) is 0 Å². The normalized spacial score (nSPS) is 9.60. The molecule has 0 aromatic carbocycles. The summed E-state index contributed by atoms with van der Waals surface area (Å²) in [5.74, 6) is 7.86. The average molecular weight is 289 g/mol. The predicted molar refractivity (Wildman–Crippen MR) is 39.3 cm³/mol. The van der Waals surface area contributed by atoms with Gasteiger partial charge in [0.25, 0.3) is 0 Å². The molecule has 0 aromatic heterocycles. The summed E-state index contributed by atoms with van der Waals surface area (Å²) in [7, 11) is -10.2. The van der Waals surface area contributed by atoms with Crippen LogP contribution in [0.4, 0.5) is 0 Å². The van der Waals surface area contributed by atoms with Gasteiger partial charge in [-0.3, -0.25) is 0 Å². The molecular weight excluding hydrogens is 285 g/mol. The molecule has 0 fully saturated rings. The van der Waals surface area contributed by atoms with E-state index in [0.717, 1.165) is 0 Å². The average Bonchev–Trinajstić information content (AvgIpc) is 1.86. The Morgan fingerprint density at radius 1 is 0.600 bits per heavy atom. The molecule has 0 aliphatic rings. The van der Waals surface area contributed by atoms with Crippen LogP contribution in [0, 0.1) is 0 Å². The molecule has 0 unspecified atom stereocenters. The van der Waals surface area contributed by atoms with Crippen LogP contribution in [-0.4, -0.2) is 87.3 Å². The molecule has 15 heavy (non-hydrogen) atoms. The summed E-state index contributed by atoms with van der Waals surface area (Å²) in [5, 5.41) is 0. The van der Waals surface area contributed by atoms with Crippen molar-refractivity contribution in [2.24, 2.45) is 11.8 Å². The van der Waals surface area contributed by atoms with Gasteiger partial charge in [-0.05, 0) is 0 Å². The van der Waals surface area contributed by atoms with Gasteiger partial charge in [0, 0.05) is 0 Å². The van der Waals surface area contributed by atoms with Crippen LogP contribution in [-0.2, 0) is 9.05 Å². The Morgan fingerprint density at radius 3 is 0.667 bits per heavy atom. The summed E-state index contributed by atoms with van der Waals surface area (Å²) in [6, 6.07) is 0. The van der Waals surface area contributed by atoms with Crippen molar-refractivity contribution in [3.05, 3.63) is 0 Å². The third-order valence-electron chi connectivity index (χ3n) is 0.289. The summed E-state index contributed by atoms with van der Waals surface area (Å²) >= 11 is 0. The Hall–Kier alpha value is 2.33. The van der Waals surface area contributed by atoms with E-state index in [-0.39, 0.29) is 69.2 Å². The molecule has 0 rings (SSSR count). The topological polar surface area (TPSA) is 209 Å². The van der Waals surface area contributed by atoms with Crippen LogP contribution in [0.2, 0.25) is 0 Å². The zero-order valence-electron chi connectivity index (χ0n) is 7.54. The quantitative estimate of drug-likeness (QED) is 0.362. The first-order valence-electron chi connectivity index (χ1n) is 2.10. The van der Waals surface area contributed by atoms with Crippen molar-refractivity contribution in [3.63, 3.8) is 0 Å². The SMILES string of the molecule is NO[Si]([O-])([O-])[O-].NO[Si]([O-])([O-])[O-].[Mg+2].[Mg+2].[Mg+2]. The van der Waals surface area contributed by atoms with E-state index in [1.54, 1.807) is 0 Å². The molecular formula is H4Mg3N2O8Si2. The summed E-state index contributed by atoms with van der Waals surface area (Å²) in [4.78, 5) is 54.9. The number of nitrogens with two attached hydrogens (primary N) is 2. The van der Waals surface area contributed by atoms with E-state index in [1.807, 2.05) is 0 Å². The molecule has 0 heterocycles. The maximum absolute atomic E-state index is 9.15. The minimum absolute atomic E-state index is 0. The number of hydrogen-bond acceptors (Lipinski definition) is 10. The molecule has 0 radical (unpaired) electrons. The minimum Gasteiger partial charge on any atom is -0.859 e. The largest absolute Gasteiger partial charge is 2.00 e. The smallest absolute Gasteiger partial charge is 0.859 e. The van der Waals surface area contributed by atoms with Crippen LogP contribution in [0.1, 0.15) is 0 Å². The molecule has 0 amide bonds. The third-order valence-corrected chi connectivity index (χ3v) is 0.866. The van der Waals surface area contributed by atoms with Gasteiger partial charge in [-0.15, -0.1) is 0 Å². The Labute approximate surface area is 136 Å². The molecule has 0 bridgehead atoms. The molecule has 0 saturated heterocycles. The third kappa shape index (κ3) is 48.3. The Kier molecular flexibility index (Phi) is 29.2. The van der Waals surface area contributed by atoms with E-state index in [0.29, 0.717) is 0 Å². The molecule has 0 aliphatic heterocycles. The van der Waals surface area contributed by atoms with Gasteiger partial charge < -0.3 is 37.8 Å². The van der Waals surface area contributed by atoms with E-state index < -0.39 is 18.1 Å². The first-order chi connectivity index (χ1) is 5.12. The fourth-order valence-corrected chi connectivity index (χ4v) is 0. The van der Waals surface area contributed by atoms with Gasteiger partial charge in [-0.2, -0.15) is 0 Å².